The fourth-order valence-corrected chi connectivity index (χ4v) is 16.4. The maximum atomic E-state index is 6.07. The number of piperazine rings is 1. The van der Waals surface area contributed by atoms with Gasteiger partial charge in [-0.05, 0) is 49.0 Å². The van der Waals surface area contributed by atoms with Gasteiger partial charge in [0.1, 0.15) is 8.24 Å². The Morgan fingerprint density at radius 2 is 1.18 bits per heavy atom. The van der Waals surface area contributed by atoms with E-state index >= 15 is 0 Å². The van der Waals surface area contributed by atoms with Gasteiger partial charge in [0.05, 0.1) is 0 Å². The summed E-state index contributed by atoms with van der Waals surface area (Å²) in [6, 6.07) is 1.09. The summed E-state index contributed by atoms with van der Waals surface area (Å²) in [5, 5.41) is 0. The molecule has 1 aliphatic heterocycles. The average molecular weight is 431 g/mol. The lowest BCUT2D eigenvalue weighted by Crippen LogP contribution is -2.65. The third kappa shape index (κ3) is 6.38. The molecule has 6 heteroatoms. The van der Waals surface area contributed by atoms with E-state index in [1.807, 2.05) is 0 Å². The van der Waals surface area contributed by atoms with E-state index in [4.69, 9.17) is 8.85 Å². The van der Waals surface area contributed by atoms with Crippen molar-refractivity contribution in [3.8, 4) is 0 Å². The van der Waals surface area contributed by atoms with Crippen molar-refractivity contribution in [3.63, 3.8) is 0 Å². The highest BCUT2D eigenvalue weighted by molar-refractivity contribution is 6.81. The van der Waals surface area contributed by atoms with E-state index in [9.17, 15) is 0 Å². The first-order chi connectivity index (χ1) is 13.0. The molecular weight excluding hydrogens is 380 g/mol. The predicted octanol–water partition coefficient (Wildman–Crippen LogP) is 5.56. The van der Waals surface area contributed by atoms with Crippen molar-refractivity contribution in [1.82, 2.24) is 9.47 Å². The van der Waals surface area contributed by atoms with Crippen molar-refractivity contribution >= 4 is 16.8 Å². The SMILES string of the molecule is CCO[Si](C)(CC(C)CN1CCN([Si](C(C)C)(C(C)C)C(C)C)CC1)OCC. The minimum Gasteiger partial charge on any atom is -0.395 e. The lowest BCUT2D eigenvalue weighted by atomic mass is 10.2. The summed E-state index contributed by atoms with van der Waals surface area (Å²) in [5.41, 5.74) is 2.42. The van der Waals surface area contributed by atoms with Gasteiger partial charge in [0, 0.05) is 45.9 Å². The van der Waals surface area contributed by atoms with E-state index < -0.39 is 16.8 Å². The van der Waals surface area contributed by atoms with Gasteiger partial charge in [-0.2, -0.15) is 0 Å². The fraction of sp³-hybridized carbons (Fsp3) is 1.00. The molecule has 1 heterocycles. The molecule has 0 aromatic rings. The lowest BCUT2D eigenvalue weighted by Gasteiger charge is -2.54. The summed E-state index contributed by atoms with van der Waals surface area (Å²) in [5.74, 6) is 0.628. The van der Waals surface area contributed by atoms with E-state index in [-0.39, 0.29) is 0 Å². The van der Waals surface area contributed by atoms with Gasteiger partial charge in [0.2, 0.25) is 0 Å². The van der Waals surface area contributed by atoms with Gasteiger partial charge in [0.25, 0.3) is 0 Å². The second-order valence-electron chi connectivity index (χ2n) is 9.95. The van der Waals surface area contributed by atoms with Crippen molar-refractivity contribution in [3.05, 3.63) is 0 Å². The van der Waals surface area contributed by atoms with Crippen molar-refractivity contribution in [2.75, 3.05) is 45.9 Å². The molecule has 0 spiro atoms. The van der Waals surface area contributed by atoms with Crippen LogP contribution >= 0.6 is 0 Å². The minimum absolute atomic E-state index is 0.628. The highest BCUT2D eigenvalue weighted by Gasteiger charge is 2.48. The lowest BCUT2D eigenvalue weighted by molar-refractivity contribution is 0.151. The Hall–Kier alpha value is 0.274. The Morgan fingerprint density at radius 3 is 1.54 bits per heavy atom. The van der Waals surface area contributed by atoms with Gasteiger partial charge < -0.3 is 18.3 Å². The van der Waals surface area contributed by atoms with E-state index in [0.29, 0.717) is 5.92 Å². The summed E-state index contributed by atoms with van der Waals surface area (Å²) in [6.07, 6.45) is 0. The molecule has 4 nitrogen and oxygen atoms in total. The molecule has 0 N–H and O–H groups in total. The summed E-state index contributed by atoms with van der Waals surface area (Å²) < 4.78 is 15.1. The summed E-state index contributed by atoms with van der Waals surface area (Å²) in [6.45, 7) is 31.3. The normalized spacial score (nSPS) is 19.2. The zero-order valence-corrected chi connectivity index (χ0v) is 22.7. The number of hydrogen-bond donors (Lipinski definition) is 0. The number of hydrogen-bond acceptors (Lipinski definition) is 4. The molecule has 1 rings (SSSR count). The molecule has 28 heavy (non-hydrogen) atoms. The first-order valence-corrected chi connectivity index (χ1v) is 16.5. The Morgan fingerprint density at radius 1 is 0.750 bits per heavy atom. The van der Waals surface area contributed by atoms with Crippen LogP contribution in [0.2, 0.25) is 29.2 Å². The van der Waals surface area contributed by atoms with Crippen molar-refractivity contribution in [2.45, 2.75) is 91.5 Å². The van der Waals surface area contributed by atoms with Gasteiger partial charge in [-0.3, -0.25) is 0 Å². The van der Waals surface area contributed by atoms with Crippen LogP contribution in [-0.2, 0) is 8.85 Å². The van der Waals surface area contributed by atoms with Crippen LogP contribution in [0.15, 0.2) is 0 Å². The second kappa shape index (κ2) is 11.6. The van der Waals surface area contributed by atoms with Crippen LogP contribution in [-0.4, -0.2) is 72.2 Å². The molecule has 1 saturated heterocycles. The van der Waals surface area contributed by atoms with Crippen LogP contribution in [0.4, 0.5) is 0 Å². The fourth-order valence-electron chi connectivity index (χ4n) is 6.32. The first kappa shape index (κ1) is 26.3. The maximum absolute atomic E-state index is 6.07. The molecule has 168 valence electrons. The van der Waals surface area contributed by atoms with Gasteiger partial charge in [-0.25, -0.2) is 0 Å². The monoisotopic (exact) mass is 430 g/mol. The highest BCUT2D eigenvalue weighted by atomic mass is 28.4. The zero-order valence-electron chi connectivity index (χ0n) is 20.7. The molecule has 1 atom stereocenters. The second-order valence-corrected chi connectivity index (χ2v) is 19.1. The quantitative estimate of drug-likeness (QED) is 0.378. The number of nitrogens with zero attached hydrogens (tertiary/aromatic N) is 2. The molecule has 1 fully saturated rings. The Kier molecular flexibility index (Phi) is 10.9. The van der Waals surface area contributed by atoms with Crippen molar-refractivity contribution < 1.29 is 8.85 Å². The number of rotatable bonds is 12. The molecule has 0 bridgehead atoms. The average Bonchev–Trinajstić information content (AvgIpc) is 2.55. The van der Waals surface area contributed by atoms with Gasteiger partial charge in [0.15, 0.2) is 0 Å². The van der Waals surface area contributed by atoms with Crippen LogP contribution in [0.25, 0.3) is 0 Å². The van der Waals surface area contributed by atoms with Crippen LogP contribution in [0.3, 0.4) is 0 Å². The minimum atomic E-state index is -2.02. The van der Waals surface area contributed by atoms with Crippen molar-refractivity contribution in [1.29, 1.82) is 0 Å². The van der Waals surface area contributed by atoms with Crippen molar-refractivity contribution in [2.24, 2.45) is 5.92 Å². The van der Waals surface area contributed by atoms with E-state index in [2.05, 4.69) is 78.3 Å². The molecule has 1 unspecified atom stereocenters. The maximum Gasteiger partial charge on any atom is 0.335 e. The Balaban J connectivity index is 2.68. The van der Waals surface area contributed by atoms with Gasteiger partial charge in [-0.15, -0.1) is 0 Å². The predicted molar refractivity (Wildman–Crippen MR) is 128 cm³/mol. The Labute approximate surface area is 178 Å². The smallest absolute Gasteiger partial charge is 0.335 e. The molecule has 0 saturated carbocycles. The molecular formula is C22H50N2O2Si2. The van der Waals surface area contributed by atoms with E-state index in [1.165, 1.54) is 32.7 Å². The molecule has 0 radical (unpaired) electrons. The van der Waals surface area contributed by atoms with Crippen LogP contribution in [0, 0.1) is 5.92 Å². The van der Waals surface area contributed by atoms with Gasteiger partial charge in [-0.1, -0.05) is 48.5 Å². The third-order valence-electron chi connectivity index (χ3n) is 6.88. The molecule has 0 aromatic heterocycles. The largest absolute Gasteiger partial charge is 0.395 e. The van der Waals surface area contributed by atoms with Crippen LogP contribution < -0.4 is 0 Å². The van der Waals surface area contributed by atoms with Crippen LogP contribution in [0.5, 0.6) is 0 Å². The highest BCUT2D eigenvalue weighted by Crippen LogP contribution is 2.44. The third-order valence-corrected chi connectivity index (χ3v) is 17.2. The molecule has 0 aliphatic carbocycles. The molecule has 0 amide bonds. The van der Waals surface area contributed by atoms with E-state index in [0.717, 1.165) is 35.9 Å². The standard InChI is InChI=1S/C22H50N2O2Si2/c1-11-25-27(10,26-12-2)18-22(9)17-23-13-15-24(16-14-23)28(19(3)4,20(5)6)21(7)8/h19-22H,11-18H2,1-10H3. The zero-order chi connectivity index (χ0) is 21.5. The molecule has 1 aliphatic rings. The van der Waals surface area contributed by atoms with E-state index in [1.54, 1.807) is 0 Å². The first-order valence-electron chi connectivity index (χ1n) is 11.8. The van der Waals surface area contributed by atoms with Crippen LogP contribution in [0.1, 0.15) is 62.3 Å². The van der Waals surface area contributed by atoms with Gasteiger partial charge >= 0.3 is 8.56 Å². The summed E-state index contributed by atoms with van der Waals surface area (Å²) >= 11 is 0. The topological polar surface area (TPSA) is 24.9 Å². The summed E-state index contributed by atoms with van der Waals surface area (Å²) in [4.78, 5) is 2.69. The summed E-state index contributed by atoms with van der Waals surface area (Å²) in [7, 11) is -3.50. The Bertz CT molecular complexity index is 410. The molecule has 0 aromatic carbocycles.